The molecular weight excluding hydrogens is 395 g/mol. The molecule has 4 nitrogen and oxygen atoms in total. The Balaban J connectivity index is 1.76. The lowest BCUT2D eigenvalue weighted by Gasteiger charge is -2.17. The minimum Gasteiger partial charge on any atom is -0.444 e. The van der Waals surface area contributed by atoms with Gasteiger partial charge in [-0.05, 0) is 41.8 Å². The number of carbonyl (C=O) groups is 1. The van der Waals surface area contributed by atoms with Gasteiger partial charge in [0, 0.05) is 11.6 Å². The fourth-order valence-electron chi connectivity index (χ4n) is 2.35. The Labute approximate surface area is 166 Å². The van der Waals surface area contributed by atoms with E-state index < -0.39 is 23.9 Å². The molecule has 0 aliphatic carbocycles. The zero-order valence-corrected chi connectivity index (χ0v) is 16.0. The molecule has 1 N–H and O–H groups in total. The SMILES string of the molecule is CCC(COCc1cccc(C(F)(F)F)c1)OC(=O)NCc1ccc(Cl)cc1. The van der Waals surface area contributed by atoms with Crippen LogP contribution in [-0.2, 0) is 28.8 Å². The van der Waals surface area contributed by atoms with Crippen LogP contribution in [0.1, 0.15) is 30.0 Å². The molecule has 0 heterocycles. The number of rotatable bonds is 8. The van der Waals surface area contributed by atoms with E-state index >= 15 is 0 Å². The second kappa shape index (κ2) is 10.3. The van der Waals surface area contributed by atoms with Gasteiger partial charge in [0.25, 0.3) is 0 Å². The van der Waals surface area contributed by atoms with Crippen LogP contribution in [0.5, 0.6) is 0 Å². The second-order valence-electron chi connectivity index (χ2n) is 6.13. The third-order valence-electron chi connectivity index (χ3n) is 3.91. The minimum atomic E-state index is -4.40. The van der Waals surface area contributed by atoms with Crippen LogP contribution in [0.4, 0.5) is 18.0 Å². The summed E-state index contributed by atoms with van der Waals surface area (Å²) in [7, 11) is 0. The molecule has 152 valence electrons. The molecule has 1 amide bonds. The van der Waals surface area contributed by atoms with E-state index in [1.165, 1.54) is 6.07 Å². The van der Waals surface area contributed by atoms with Crippen molar-refractivity contribution in [1.29, 1.82) is 0 Å². The Morgan fingerprint density at radius 1 is 1.14 bits per heavy atom. The van der Waals surface area contributed by atoms with Crippen molar-refractivity contribution in [2.24, 2.45) is 0 Å². The molecule has 0 saturated carbocycles. The van der Waals surface area contributed by atoms with Gasteiger partial charge in [0.1, 0.15) is 6.10 Å². The Kier molecular flexibility index (Phi) is 8.14. The largest absolute Gasteiger partial charge is 0.444 e. The number of nitrogens with one attached hydrogen (secondary N) is 1. The molecule has 0 spiro atoms. The van der Waals surface area contributed by atoms with Gasteiger partial charge in [-0.1, -0.05) is 42.8 Å². The molecule has 0 aromatic heterocycles. The lowest BCUT2D eigenvalue weighted by molar-refractivity contribution is -0.137. The predicted octanol–water partition coefficient (Wildman–Crippen LogP) is 5.58. The first kappa shape index (κ1) is 22.0. The lowest BCUT2D eigenvalue weighted by atomic mass is 10.1. The summed E-state index contributed by atoms with van der Waals surface area (Å²) in [6.07, 6.45) is -4.98. The van der Waals surface area contributed by atoms with E-state index in [2.05, 4.69) is 5.32 Å². The number of hydrogen-bond donors (Lipinski definition) is 1. The average molecular weight is 416 g/mol. The van der Waals surface area contributed by atoms with E-state index in [-0.39, 0.29) is 19.8 Å². The molecule has 0 fully saturated rings. The van der Waals surface area contributed by atoms with E-state index in [0.29, 0.717) is 17.0 Å². The second-order valence-corrected chi connectivity index (χ2v) is 6.57. The van der Waals surface area contributed by atoms with Gasteiger partial charge in [0.2, 0.25) is 0 Å². The lowest BCUT2D eigenvalue weighted by Crippen LogP contribution is -2.30. The van der Waals surface area contributed by atoms with Gasteiger partial charge in [-0.2, -0.15) is 13.2 Å². The zero-order chi connectivity index (χ0) is 20.6. The molecule has 0 saturated heterocycles. The summed E-state index contributed by atoms with van der Waals surface area (Å²) in [5, 5.41) is 3.24. The van der Waals surface area contributed by atoms with E-state index in [1.807, 2.05) is 6.92 Å². The number of amides is 1. The highest BCUT2D eigenvalue weighted by molar-refractivity contribution is 6.30. The number of alkyl halides is 3. The topological polar surface area (TPSA) is 47.6 Å². The van der Waals surface area contributed by atoms with Gasteiger partial charge < -0.3 is 14.8 Å². The van der Waals surface area contributed by atoms with Crippen molar-refractivity contribution < 1.29 is 27.4 Å². The summed E-state index contributed by atoms with van der Waals surface area (Å²) in [5.74, 6) is 0. The van der Waals surface area contributed by atoms with Crippen LogP contribution in [0.15, 0.2) is 48.5 Å². The van der Waals surface area contributed by atoms with Crippen molar-refractivity contribution in [1.82, 2.24) is 5.32 Å². The molecule has 1 unspecified atom stereocenters. The molecule has 2 aromatic rings. The first-order chi connectivity index (χ1) is 13.3. The first-order valence-electron chi connectivity index (χ1n) is 8.70. The Hall–Kier alpha value is -2.25. The first-order valence-corrected chi connectivity index (χ1v) is 9.08. The molecule has 2 aromatic carbocycles. The van der Waals surface area contributed by atoms with Gasteiger partial charge in [-0.15, -0.1) is 0 Å². The number of halogens is 4. The van der Waals surface area contributed by atoms with Crippen LogP contribution in [0.3, 0.4) is 0 Å². The Morgan fingerprint density at radius 2 is 1.86 bits per heavy atom. The molecule has 2 rings (SSSR count). The minimum absolute atomic E-state index is 0.00380. The van der Waals surface area contributed by atoms with Crippen LogP contribution in [0, 0.1) is 0 Å². The van der Waals surface area contributed by atoms with Crippen molar-refractivity contribution in [3.05, 3.63) is 70.2 Å². The molecule has 1 atom stereocenters. The highest BCUT2D eigenvalue weighted by atomic mass is 35.5. The molecule has 0 bridgehead atoms. The third-order valence-corrected chi connectivity index (χ3v) is 4.16. The molecule has 8 heteroatoms. The molecule has 0 radical (unpaired) electrons. The summed E-state index contributed by atoms with van der Waals surface area (Å²) in [5.41, 5.74) is 0.547. The van der Waals surface area contributed by atoms with Crippen molar-refractivity contribution in [2.45, 2.75) is 38.8 Å². The van der Waals surface area contributed by atoms with Crippen LogP contribution in [-0.4, -0.2) is 18.8 Å². The maximum Gasteiger partial charge on any atom is 0.416 e. The molecule has 0 aliphatic heterocycles. The smallest absolute Gasteiger partial charge is 0.416 e. The van der Waals surface area contributed by atoms with E-state index in [0.717, 1.165) is 17.7 Å². The van der Waals surface area contributed by atoms with Gasteiger partial charge >= 0.3 is 12.3 Å². The highest BCUT2D eigenvalue weighted by Crippen LogP contribution is 2.29. The molecule has 28 heavy (non-hydrogen) atoms. The van der Waals surface area contributed by atoms with Gasteiger partial charge in [-0.3, -0.25) is 0 Å². The van der Waals surface area contributed by atoms with Crippen LogP contribution < -0.4 is 5.32 Å². The maximum absolute atomic E-state index is 12.7. The number of carbonyl (C=O) groups excluding carboxylic acids is 1. The monoisotopic (exact) mass is 415 g/mol. The van der Waals surface area contributed by atoms with E-state index in [1.54, 1.807) is 30.3 Å². The van der Waals surface area contributed by atoms with Crippen LogP contribution in [0.2, 0.25) is 5.02 Å². The number of hydrogen-bond acceptors (Lipinski definition) is 3. The van der Waals surface area contributed by atoms with Gasteiger partial charge in [0.05, 0.1) is 18.8 Å². The normalized spacial score (nSPS) is 12.5. The van der Waals surface area contributed by atoms with Gasteiger partial charge in [0.15, 0.2) is 0 Å². The van der Waals surface area contributed by atoms with E-state index in [4.69, 9.17) is 21.1 Å². The summed E-state index contributed by atoms with van der Waals surface area (Å²) in [4.78, 5) is 11.9. The van der Waals surface area contributed by atoms with Crippen LogP contribution in [0.25, 0.3) is 0 Å². The number of ether oxygens (including phenoxy) is 2. The average Bonchev–Trinajstić information content (AvgIpc) is 2.66. The summed E-state index contributed by atoms with van der Waals surface area (Å²) in [6.45, 7) is 2.19. The predicted molar refractivity (Wildman–Crippen MR) is 100.0 cm³/mol. The summed E-state index contributed by atoms with van der Waals surface area (Å²) in [6, 6.07) is 12.0. The van der Waals surface area contributed by atoms with Crippen LogP contribution >= 0.6 is 11.6 Å². The quantitative estimate of drug-likeness (QED) is 0.612. The summed E-state index contributed by atoms with van der Waals surface area (Å²) >= 11 is 5.80. The molecule has 0 aliphatic rings. The van der Waals surface area contributed by atoms with Crippen molar-refractivity contribution >= 4 is 17.7 Å². The summed E-state index contributed by atoms with van der Waals surface area (Å²) < 4.78 is 48.9. The third kappa shape index (κ3) is 7.40. The molecular formula is C20H21ClF3NO3. The number of alkyl carbamates (subject to hydrolysis) is 1. The van der Waals surface area contributed by atoms with Crippen molar-refractivity contribution in [3.8, 4) is 0 Å². The van der Waals surface area contributed by atoms with Crippen molar-refractivity contribution in [3.63, 3.8) is 0 Å². The van der Waals surface area contributed by atoms with Gasteiger partial charge in [-0.25, -0.2) is 4.79 Å². The van der Waals surface area contributed by atoms with E-state index in [9.17, 15) is 18.0 Å². The van der Waals surface area contributed by atoms with Crippen molar-refractivity contribution in [2.75, 3.05) is 6.61 Å². The fraction of sp³-hybridized carbons (Fsp3) is 0.350. The maximum atomic E-state index is 12.7. The highest BCUT2D eigenvalue weighted by Gasteiger charge is 2.30. The Bertz CT molecular complexity index is 766. The zero-order valence-electron chi connectivity index (χ0n) is 15.3. The standard InChI is InChI=1S/C20H21ClF3NO3/c1-2-18(28-19(26)25-11-14-6-8-17(21)9-7-14)13-27-12-15-4-3-5-16(10-15)20(22,23)24/h3-10,18H,2,11-13H2,1H3,(H,25,26). The number of benzene rings is 2. The fourth-order valence-corrected chi connectivity index (χ4v) is 2.48. The Morgan fingerprint density at radius 3 is 2.50 bits per heavy atom.